The van der Waals surface area contributed by atoms with E-state index in [1.165, 1.54) is 40.3 Å². The highest BCUT2D eigenvalue weighted by molar-refractivity contribution is 6.01. The van der Waals surface area contributed by atoms with Crippen LogP contribution in [0, 0.1) is 0 Å². The molecule has 0 amide bonds. The molecule has 0 saturated heterocycles. The molecule has 0 N–H and O–H groups in total. The minimum atomic E-state index is 1.06. The fourth-order valence-corrected chi connectivity index (χ4v) is 4.09. The first-order valence-electron chi connectivity index (χ1n) is 8.21. The molecule has 0 radical (unpaired) electrons. The van der Waals surface area contributed by atoms with E-state index in [4.69, 9.17) is 0 Å². The molecule has 0 nitrogen and oxygen atoms in total. The number of hydrogen-bond acceptors (Lipinski definition) is 0. The molecule has 3 aliphatic rings. The first-order valence-corrected chi connectivity index (χ1v) is 8.21. The number of rotatable bonds is 2. The molecule has 5 rings (SSSR count). The molecule has 1 fully saturated rings. The van der Waals surface area contributed by atoms with Crippen LogP contribution in [0.2, 0.25) is 0 Å². The third-order valence-corrected chi connectivity index (χ3v) is 5.30. The Morgan fingerprint density at radius 3 is 2.50 bits per heavy atom. The predicted molar refractivity (Wildman–Crippen MR) is 94.5 cm³/mol. The Labute approximate surface area is 131 Å². The van der Waals surface area contributed by atoms with Crippen LogP contribution in [0.5, 0.6) is 0 Å². The van der Waals surface area contributed by atoms with E-state index >= 15 is 0 Å². The van der Waals surface area contributed by atoms with E-state index in [0.717, 1.165) is 12.8 Å². The maximum Gasteiger partial charge on any atom is -0.00672 e. The van der Waals surface area contributed by atoms with Crippen molar-refractivity contribution in [1.29, 1.82) is 0 Å². The fraction of sp³-hybridized carbons (Fsp3) is 0.182. The van der Waals surface area contributed by atoms with Crippen molar-refractivity contribution in [1.82, 2.24) is 0 Å². The third-order valence-electron chi connectivity index (χ3n) is 5.30. The molecule has 0 aliphatic heterocycles. The lowest BCUT2D eigenvalue weighted by Gasteiger charge is -2.22. The molecule has 2 aromatic rings. The van der Waals surface area contributed by atoms with Gasteiger partial charge < -0.3 is 0 Å². The van der Waals surface area contributed by atoms with Gasteiger partial charge in [-0.05, 0) is 69.9 Å². The zero-order valence-corrected chi connectivity index (χ0v) is 12.6. The van der Waals surface area contributed by atoms with Gasteiger partial charge in [-0.25, -0.2) is 0 Å². The average Bonchev–Trinajstić information content (AvgIpc) is 3.14. The Morgan fingerprint density at radius 1 is 0.773 bits per heavy atom. The van der Waals surface area contributed by atoms with Crippen molar-refractivity contribution in [3.05, 3.63) is 83.0 Å². The first-order chi connectivity index (χ1) is 10.9. The van der Waals surface area contributed by atoms with Gasteiger partial charge in [-0.15, -0.1) is 0 Å². The van der Waals surface area contributed by atoms with E-state index in [1.54, 1.807) is 16.7 Å². The Morgan fingerprint density at radius 2 is 1.73 bits per heavy atom. The van der Waals surface area contributed by atoms with Gasteiger partial charge >= 0.3 is 0 Å². The van der Waals surface area contributed by atoms with Crippen molar-refractivity contribution in [3.63, 3.8) is 0 Å². The van der Waals surface area contributed by atoms with Crippen LogP contribution in [0.15, 0.2) is 71.8 Å². The van der Waals surface area contributed by atoms with Gasteiger partial charge in [0.1, 0.15) is 0 Å². The van der Waals surface area contributed by atoms with Gasteiger partial charge in [-0.2, -0.15) is 0 Å². The van der Waals surface area contributed by atoms with Crippen LogP contribution in [0.25, 0.3) is 21.9 Å². The SMILES string of the molecule is C1=CCC(c2c(C3=C4CCC4=CC3)ccc3ccccc23)=C1. The van der Waals surface area contributed by atoms with Crippen molar-refractivity contribution in [3.8, 4) is 0 Å². The van der Waals surface area contributed by atoms with Crippen LogP contribution >= 0.6 is 0 Å². The molecule has 0 aromatic heterocycles. The third kappa shape index (κ3) is 1.64. The lowest BCUT2D eigenvalue weighted by Crippen LogP contribution is -2.02. The summed E-state index contributed by atoms with van der Waals surface area (Å²) in [4.78, 5) is 0. The Balaban J connectivity index is 1.80. The van der Waals surface area contributed by atoms with Crippen molar-refractivity contribution in [2.24, 2.45) is 0 Å². The van der Waals surface area contributed by atoms with Crippen LogP contribution in [0.1, 0.15) is 36.8 Å². The highest BCUT2D eigenvalue weighted by atomic mass is 14.3. The molecule has 0 bridgehead atoms. The lowest BCUT2D eigenvalue weighted by atomic mass is 9.82. The van der Waals surface area contributed by atoms with E-state index in [1.807, 2.05) is 0 Å². The second-order valence-corrected chi connectivity index (χ2v) is 6.42. The summed E-state index contributed by atoms with van der Waals surface area (Å²) >= 11 is 0. The van der Waals surface area contributed by atoms with Crippen molar-refractivity contribution in [2.45, 2.75) is 25.7 Å². The number of allylic oxidation sites excluding steroid dienone is 8. The van der Waals surface area contributed by atoms with E-state index in [9.17, 15) is 0 Å². The Kier molecular flexibility index (Phi) is 2.54. The fourth-order valence-electron chi connectivity index (χ4n) is 4.09. The van der Waals surface area contributed by atoms with Gasteiger partial charge in [0.15, 0.2) is 0 Å². The zero-order chi connectivity index (χ0) is 14.5. The van der Waals surface area contributed by atoms with Crippen LogP contribution in [0.4, 0.5) is 0 Å². The van der Waals surface area contributed by atoms with Gasteiger partial charge in [0.05, 0.1) is 0 Å². The van der Waals surface area contributed by atoms with Gasteiger partial charge in [0.25, 0.3) is 0 Å². The molecule has 22 heavy (non-hydrogen) atoms. The second-order valence-electron chi connectivity index (χ2n) is 6.42. The first kappa shape index (κ1) is 12.2. The average molecular weight is 282 g/mol. The summed E-state index contributed by atoms with van der Waals surface area (Å²) in [5.74, 6) is 0. The minimum absolute atomic E-state index is 1.06. The second kappa shape index (κ2) is 4.58. The summed E-state index contributed by atoms with van der Waals surface area (Å²) < 4.78 is 0. The van der Waals surface area contributed by atoms with E-state index in [0.29, 0.717) is 0 Å². The molecular weight excluding hydrogens is 264 g/mol. The van der Waals surface area contributed by atoms with Gasteiger partial charge in [0, 0.05) is 0 Å². The zero-order valence-electron chi connectivity index (χ0n) is 12.6. The highest BCUT2D eigenvalue weighted by Gasteiger charge is 2.27. The Bertz CT molecular complexity index is 916. The van der Waals surface area contributed by atoms with Gasteiger partial charge in [0.2, 0.25) is 0 Å². The standard InChI is InChI=1S/C22H18/c1-2-7-17(6-1)22-19-8-4-3-5-15(19)11-14-21(22)20-13-10-16-9-12-18(16)20/h1-6,8,10-11,14H,7,9,12-13H2. The molecule has 0 spiro atoms. The predicted octanol–water partition coefficient (Wildman–Crippen LogP) is 6.06. The number of benzene rings is 2. The lowest BCUT2D eigenvalue weighted by molar-refractivity contribution is 0.837. The van der Waals surface area contributed by atoms with Crippen LogP contribution in [-0.2, 0) is 0 Å². The summed E-state index contributed by atoms with van der Waals surface area (Å²) in [6.45, 7) is 0. The quantitative estimate of drug-likeness (QED) is 0.628. The molecule has 2 aromatic carbocycles. The van der Waals surface area contributed by atoms with Gasteiger partial charge in [-0.1, -0.05) is 60.7 Å². The summed E-state index contributed by atoms with van der Waals surface area (Å²) in [6, 6.07) is 13.5. The van der Waals surface area contributed by atoms with Gasteiger partial charge in [-0.3, -0.25) is 0 Å². The van der Waals surface area contributed by atoms with Crippen molar-refractivity contribution >= 4 is 21.9 Å². The van der Waals surface area contributed by atoms with Crippen LogP contribution in [-0.4, -0.2) is 0 Å². The number of fused-ring (bicyclic) bond motifs is 2. The van der Waals surface area contributed by atoms with Crippen LogP contribution in [0.3, 0.4) is 0 Å². The molecule has 3 aliphatic carbocycles. The molecule has 0 atom stereocenters. The largest absolute Gasteiger partial charge is 0.0801 e. The normalized spacial score (nSPS) is 19.3. The maximum absolute atomic E-state index is 2.44. The molecule has 106 valence electrons. The molecule has 1 saturated carbocycles. The monoisotopic (exact) mass is 282 g/mol. The maximum atomic E-state index is 2.44. The topological polar surface area (TPSA) is 0 Å². The minimum Gasteiger partial charge on any atom is -0.0801 e. The van der Waals surface area contributed by atoms with E-state index < -0.39 is 0 Å². The molecule has 0 heterocycles. The number of hydrogen-bond donors (Lipinski definition) is 0. The molecule has 0 unspecified atom stereocenters. The van der Waals surface area contributed by atoms with E-state index in [2.05, 4.69) is 60.7 Å². The smallest absolute Gasteiger partial charge is 0.00672 e. The summed E-state index contributed by atoms with van der Waals surface area (Å²) in [7, 11) is 0. The van der Waals surface area contributed by atoms with Crippen LogP contribution < -0.4 is 0 Å². The molecule has 0 heteroatoms. The van der Waals surface area contributed by atoms with E-state index in [-0.39, 0.29) is 0 Å². The summed E-state index contributed by atoms with van der Waals surface area (Å²) in [5, 5.41) is 2.75. The van der Waals surface area contributed by atoms with Crippen molar-refractivity contribution in [2.75, 3.05) is 0 Å². The summed E-state index contributed by atoms with van der Waals surface area (Å²) in [6.07, 6.45) is 13.9. The Hall–Kier alpha value is -2.34. The van der Waals surface area contributed by atoms with Crippen molar-refractivity contribution < 1.29 is 0 Å². The summed E-state index contributed by atoms with van der Waals surface area (Å²) in [5.41, 5.74) is 9.21. The highest BCUT2D eigenvalue weighted by Crippen LogP contribution is 2.48. The molecular formula is C22H18.